The summed E-state index contributed by atoms with van der Waals surface area (Å²) in [6.45, 7) is 14.0. The first-order chi connectivity index (χ1) is 9.89. The molecular formula is C18H27OSSi+. The van der Waals surface area contributed by atoms with E-state index in [4.69, 9.17) is 4.43 Å². The number of fused-ring (bicyclic) bond motifs is 1. The normalized spacial score (nSPS) is 12.6. The zero-order chi connectivity index (χ0) is 15.6. The molecule has 0 bridgehead atoms. The van der Waals surface area contributed by atoms with Gasteiger partial charge < -0.3 is 4.43 Å². The van der Waals surface area contributed by atoms with Gasteiger partial charge >= 0.3 is 0 Å². The Morgan fingerprint density at radius 2 is 1.43 bits per heavy atom. The third-order valence-electron chi connectivity index (χ3n) is 4.56. The minimum atomic E-state index is -1.88. The number of rotatable bonds is 5. The molecule has 0 saturated heterocycles. The molecule has 1 nitrogen and oxygen atoms in total. The predicted octanol–water partition coefficient (Wildman–Crippen LogP) is 6.74. The first kappa shape index (κ1) is 16.4. The molecule has 0 amide bonds. The monoisotopic (exact) mass is 319 g/mol. The number of hydrogen-bond acceptors (Lipinski definition) is 1. The first-order valence-corrected chi connectivity index (χ1v) is 10.9. The van der Waals surface area contributed by atoms with E-state index in [1.807, 2.05) is 0 Å². The van der Waals surface area contributed by atoms with Crippen LogP contribution in [0.3, 0.4) is 0 Å². The predicted molar refractivity (Wildman–Crippen MR) is 97.9 cm³/mol. The second-order valence-corrected chi connectivity index (χ2v) is 13.0. The Kier molecular flexibility index (Phi) is 5.05. The summed E-state index contributed by atoms with van der Waals surface area (Å²) in [5.41, 5.74) is 1.79. The standard InChI is InChI=1S/C18H27OSSi/c1-13(2)21(14(3)4,15(5)6)19-17-11-12-20-18-10-8-7-9-16(17)18/h7-15H,1-6H3/q+1. The van der Waals surface area contributed by atoms with Crippen LogP contribution in [0.1, 0.15) is 41.5 Å². The quantitative estimate of drug-likeness (QED) is 0.438. The zero-order valence-electron chi connectivity index (χ0n) is 14.0. The lowest BCUT2D eigenvalue weighted by molar-refractivity contribution is 0.484. The van der Waals surface area contributed by atoms with Gasteiger partial charge in [-0.1, -0.05) is 53.7 Å². The van der Waals surface area contributed by atoms with Crippen molar-refractivity contribution in [3.05, 3.63) is 35.7 Å². The van der Waals surface area contributed by atoms with Gasteiger partial charge in [0.15, 0.2) is 5.38 Å². The molecule has 21 heavy (non-hydrogen) atoms. The molecule has 0 aliphatic rings. The molecule has 114 valence electrons. The summed E-state index contributed by atoms with van der Waals surface area (Å²) in [5.74, 6) is 1.08. The molecule has 1 aromatic carbocycles. The summed E-state index contributed by atoms with van der Waals surface area (Å²) >= 11 is 1.78. The van der Waals surface area contributed by atoms with Crippen LogP contribution in [0.5, 0.6) is 5.75 Å². The maximum atomic E-state index is 6.85. The van der Waals surface area contributed by atoms with Gasteiger partial charge in [-0.3, -0.25) is 0 Å². The van der Waals surface area contributed by atoms with Crippen LogP contribution in [0, 0.1) is 0 Å². The fourth-order valence-electron chi connectivity index (χ4n) is 3.66. The molecule has 0 N–H and O–H groups in total. The Labute approximate surface area is 134 Å². The van der Waals surface area contributed by atoms with E-state index < -0.39 is 8.32 Å². The van der Waals surface area contributed by atoms with Crippen LogP contribution in [0.4, 0.5) is 0 Å². The van der Waals surface area contributed by atoms with Crippen molar-refractivity contribution in [3.63, 3.8) is 0 Å². The highest BCUT2D eigenvalue weighted by atomic mass is 32.1. The van der Waals surface area contributed by atoms with Crippen molar-refractivity contribution in [1.29, 1.82) is 0 Å². The third kappa shape index (κ3) is 2.99. The van der Waals surface area contributed by atoms with Crippen LogP contribution in [0.2, 0.25) is 16.6 Å². The summed E-state index contributed by atoms with van der Waals surface area (Å²) in [6.07, 6.45) is 0. The van der Waals surface area contributed by atoms with Crippen molar-refractivity contribution in [1.82, 2.24) is 0 Å². The number of benzene rings is 1. The van der Waals surface area contributed by atoms with E-state index in [9.17, 15) is 0 Å². The SMILES string of the molecule is CC(C)[Si](Oc1cc[s+]c2ccccc12)(C(C)C)C(C)C. The van der Waals surface area contributed by atoms with E-state index in [1.165, 1.54) is 10.1 Å². The highest BCUT2D eigenvalue weighted by Gasteiger charge is 2.47. The van der Waals surface area contributed by atoms with E-state index in [-0.39, 0.29) is 0 Å². The van der Waals surface area contributed by atoms with Gasteiger partial charge in [-0.05, 0) is 22.7 Å². The van der Waals surface area contributed by atoms with Crippen molar-refractivity contribution in [3.8, 4) is 5.75 Å². The molecule has 0 aliphatic heterocycles. The molecular weight excluding hydrogens is 292 g/mol. The van der Waals surface area contributed by atoms with Gasteiger partial charge in [0, 0.05) is 12.1 Å². The van der Waals surface area contributed by atoms with Gasteiger partial charge in [0.25, 0.3) is 8.32 Å². The van der Waals surface area contributed by atoms with Crippen LogP contribution < -0.4 is 4.43 Å². The largest absolute Gasteiger partial charge is 0.542 e. The minimum Gasteiger partial charge on any atom is -0.542 e. The topological polar surface area (TPSA) is 9.23 Å². The van der Waals surface area contributed by atoms with Crippen molar-refractivity contribution in [2.45, 2.75) is 58.2 Å². The maximum absolute atomic E-state index is 6.85. The molecule has 0 saturated carbocycles. The molecule has 0 aliphatic carbocycles. The van der Waals surface area contributed by atoms with E-state index in [1.54, 1.807) is 11.3 Å². The molecule has 0 atom stereocenters. The lowest BCUT2D eigenvalue weighted by atomic mass is 10.2. The lowest BCUT2D eigenvalue weighted by Crippen LogP contribution is -2.50. The van der Waals surface area contributed by atoms with E-state index in [0.717, 1.165) is 5.75 Å². The summed E-state index contributed by atoms with van der Waals surface area (Å²) < 4.78 is 8.15. The molecule has 0 fully saturated rings. The van der Waals surface area contributed by atoms with Crippen molar-refractivity contribution >= 4 is 29.7 Å². The van der Waals surface area contributed by atoms with Crippen LogP contribution >= 0.6 is 11.3 Å². The molecule has 0 radical (unpaired) electrons. The van der Waals surface area contributed by atoms with Crippen molar-refractivity contribution in [2.24, 2.45) is 0 Å². The van der Waals surface area contributed by atoms with Crippen LogP contribution in [-0.2, 0) is 0 Å². The summed E-state index contributed by atoms with van der Waals surface area (Å²) in [4.78, 5) is 0. The van der Waals surface area contributed by atoms with Crippen LogP contribution in [0.25, 0.3) is 10.1 Å². The minimum absolute atomic E-state index is 0.597. The van der Waals surface area contributed by atoms with Gasteiger partial charge in [0.05, 0.1) is 5.39 Å². The average Bonchev–Trinajstić information content (AvgIpc) is 2.43. The van der Waals surface area contributed by atoms with Crippen molar-refractivity contribution < 1.29 is 4.43 Å². The molecule has 2 rings (SSSR count). The summed E-state index contributed by atoms with van der Waals surface area (Å²) in [5, 5.41) is 3.40. The smallest absolute Gasteiger partial charge is 0.258 e. The van der Waals surface area contributed by atoms with E-state index in [2.05, 4.69) is 77.3 Å². The molecule has 2 aromatic rings. The van der Waals surface area contributed by atoms with Gasteiger partial charge in [-0.25, -0.2) is 0 Å². The van der Waals surface area contributed by atoms with Gasteiger partial charge in [0.1, 0.15) is 5.75 Å². The molecule has 1 aromatic heterocycles. The maximum Gasteiger partial charge on any atom is 0.258 e. The van der Waals surface area contributed by atoms with E-state index >= 15 is 0 Å². The average molecular weight is 320 g/mol. The summed E-state index contributed by atoms with van der Waals surface area (Å²) in [7, 11) is -1.88. The van der Waals surface area contributed by atoms with Crippen molar-refractivity contribution in [2.75, 3.05) is 0 Å². The number of hydrogen-bond donors (Lipinski definition) is 0. The fourth-order valence-corrected chi connectivity index (χ4v) is 9.72. The Hall–Kier alpha value is -0.933. The molecule has 3 heteroatoms. The fraction of sp³-hybridized carbons (Fsp3) is 0.500. The first-order valence-electron chi connectivity index (χ1n) is 7.88. The second kappa shape index (κ2) is 6.45. The molecule has 0 spiro atoms. The third-order valence-corrected chi connectivity index (χ3v) is 11.4. The molecule has 0 unspecified atom stereocenters. The van der Waals surface area contributed by atoms with Gasteiger partial charge in [-0.2, -0.15) is 0 Å². The van der Waals surface area contributed by atoms with Crippen LogP contribution in [-0.4, -0.2) is 8.32 Å². The lowest BCUT2D eigenvalue weighted by Gasteiger charge is -2.42. The second-order valence-electron chi connectivity index (χ2n) is 6.70. The zero-order valence-corrected chi connectivity index (χ0v) is 15.8. The Bertz CT molecular complexity index is 580. The van der Waals surface area contributed by atoms with E-state index in [0.29, 0.717) is 16.6 Å². The summed E-state index contributed by atoms with van der Waals surface area (Å²) in [6, 6.07) is 10.7. The van der Waals surface area contributed by atoms with Crippen LogP contribution in [0.15, 0.2) is 35.7 Å². The molecule has 1 heterocycles. The Morgan fingerprint density at radius 3 is 2.00 bits per heavy atom. The highest BCUT2D eigenvalue weighted by Crippen LogP contribution is 2.44. The van der Waals surface area contributed by atoms with Gasteiger partial charge in [-0.15, -0.1) is 0 Å². The highest BCUT2D eigenvalue weighted by molar-refractivity contribution is 7.16. The Balaban J connectivity index is 2.54. The van der Waals surface area contributed by atoms with Gasteiger partial charge in [0.2, 0.25) is 16.0 Å². The Morgan fingerprint density at radius 1 is 0.857 bits per heavy atom.